The molecule has 4 heteroatoms. The first kappa shape index (κ1) is 12.7. The van der Waals surface area contributed by atoms with Crippen molar-refractivity contribution in [2.24, 2.45) is 0 Å². The maximum atomic E-state index is 6.21. The van der Waals surface area contributed by atoms with Crippen molar-refractivity contribution in [1.29, 1.82) is 0 Å². The molecule has 0 aliphatic carbocycles. The highest BCUT2D eigenvalue weighted by atomic mass is 79.9. The van der Waals surface area contributed by atoms with E-state index in [1.165, 1.54) is 0 Å². The lowest BCUT2D eigenvalue weighted by Gasteiger charge is -2.16. The number of fused-ring (bicyclic) bond motifs is 1. The van der Waals surface area contributed by atoms with Gasteiger partial charge in [-0.25, -0.2) is 0 Å². The molecule has 1 unspecified atom stereocenters. The first-order valence-corrected chi connectivity index (χ1v) is 6.70. The molecule has 0 radical (unpaired) electrons. The standard InChI is InChI=1S/C13H13BrClNO/c1-3-8(2)17-13-11(15)7-10(14)9-5-4-6-16-12(9)13/h4-8H,3H2,1-2H3. The van der Waals surface area contributed by atoms with Crippen LogP contribution < -0.4 is 4.74 Å². The van der Waals surface area contributed by atoms with Gasteiger partial charge in [-0.2, -0.15) is 0 Å². The first-order chi connectivity index (χ1) is 8.13. The van der Waals surface area contributed by atoms with E-state index in [0.29, 0.717) is 10.8 Å². The third-order valence-electron chi connectivity index (χ3n) is 2.64. The van der Waals surface area contributed by atoms with E-state index in [-0.39, 0.29) is 6.10 Å². The number of benzene rings is 1. The second-order valence-corrected chi connectivity index (χ2v) is 5.17. The van der Waals surface area contributed by atoms with Crippen molar-refractivity contribution >= 4 is 38.4 Å². The summed E-state index contributed by atoms with van der Waals surface area (Å²) in [6, 6.07) is 5.74. The molecule has 0 N–H and O–H groups in total. The number of hydrogen-bond donors (Lipinski definition) is 0. The Morgan fingerprint density at radius 3 is 3.00 bits per heavy atom. The van der Waals surface area contributed by atoms with Gasteiger partial charge in [0.25, 0.3) is 0 Å². The van der Waals surface area contributed by atoms with Crippen LogP contribution in [0.2, 0.25) is 5.02 Å². The molecule has 2 nitrogen and oxygen atoms in total. The maximum Gasteiger partial charge on any atom is 0.164 e. The molecular formula is C13H13BrClNO. The zero-order valence-corrected chi connectivity index (χ0v) is 12.0. The van der Waals surface area contributed by atoms with E-state index in [1.54, 1.807) is 6.20 Å². The van der Waals surface area contributed by atoms with Crippen LogP contribution in [0.25, 0.3) is 10.9 Å². The Hall–Kier alpha value is -0.800. The average Bonchev–Trinajstić information content (AvgIpc) is 2.34. The van der Waals surface area contributed by atoms with Gasteiger partial charge in [0, 0.05) is 16.1 Å². The molecule has 0 amide bonds. The van der Waals surface area contributed by atoms with Crippen LogP contribution in [-0.2, 0) is 0 Å². The monoisotopic (exact) mass is 313 g/mol. The molecule has 0 fully saturated rings. The summed E-state index contributed by atoms with van der Waals surface area (Å²) < 4.78 is 6.78. The summed E-state index contributed by atoms with van der Waals surface area (Å²) in [4.78, 5) is 4.35. The lowest BCUT2D eigenvalue weighted by molar-refractivity contribution is 0.220. The lowest BCUT2D eigenvalue weighted by Crippen LogP contribution is -2.10. The summed E-state index contributed by atoms with van der Waals surface area (Å²) in [5.41, 5.74) is 0.798. The number of halogens is 2. The van der Waals surface area contributed by atoms with Crippen molar-refractivity contribution in [3.8, 4) is 5.75 Å². The Labute approximate surface area is 114 Å². The van der Waals surface area contributed by atoms with E-state index in [4.69, 9.17) is 16.3 Å². The normalized spacial score (nSPS) is 12.7. The summed E-state index contributed by atoms with van der Waals surface area (Å²) in [6.07, 6.45) is 2.80. The molecule has 1 aromatic heterocycles. The largest absolute Gasteiger partial charge is 0.487 e. The van der Waals surface area contributed by atoms with Gasteiger partial charge in [0.2, 0.25) is 0 Å². The first-order valence-electron chi connectivity index (χ1n) is 5.52. The summed E-state index contributed by atoms with van der Waals surface area (Å²) in [6.45, 7) is 4.10. The van der Waals surface area contributed by atoms with Crippen LogP contribution in [0.5, 0.6) is 5.75 Å². The van der Waals surface area contributed by atoms with Crippen LogP contribution in [0.4, 0.5) is 0 Å². The van der Waals surface area contributed by atoms with Gasteiger partial charge in [0.1, 0.15) is 5.52 Å². The SMILES string of the molecule is CCC(C)Oc1c(Cl)cc(Br)c2cccnc12. The van der Waals surface area contributed by atoms with Gasteiger partial charge in [-0.3, -0.25) is 4.98 Å². The number of nitrogens with zero attached hydrogens (tertiary/aromatic N) is 1. The van der Waals surface area contributed by atoms with Gasteiger partial charge < -0.3 is 4.74 Å². The van der Waals surface area contributed by atoms with Crippen molar-refractivity contribution < 1.29 is 4.74 Å². The van der Waals surface area contributed by atoms with Crippen LogP contribution in [0.3, 0.4) is 0 Å². The predicted molar refractivity (Wildman–Crippen MR) is 74.8 cm³/mol. The number of rotatable bonds is 3. The molecule has 1 atom stereocenters. The molecule has 2 rings (SSSR count). The molecule has 90 valence electrons. The molecule has 0 saturated carbocycles. The third-order valence-corrected chi connectivity index (χ3v) is 3.58. The molecule has 2 aromatic rings. The lowest BCUT2D eigenvalue weighted by atomic mass is 10.2. The highest BCUT2D eigenvalue weighted by Gasteiger charge is 2.13. The minimum atomic E-state index is 0.124. The van der Waals surface area contributed by atoms with Gasteiger partial charge in [-0.05, 0) is 25.5 Å². The Kier molecular flexibility index (Phi) is 3.89. The van der Waals surface area contributed by atoms with Crippen LogP contribution in [0.15, 0.2) is 28.9 Å². The van der Waals surface area contributed by atoms with Crippen LogP contribution >= 0.6 is 27.5 Å². The highest BCUT2D eigenvalue weighted by molar-refractivity contribution is 9.10. The van der Waals surface area contributed by atoms with Crippen LogP contribution in [-0.4, -0.2) is 11.1 Å². The molecule has 0 aliphatic rings. The maximum absolute atomic E-state index is 6.21. The Bertz CT molecular complexity index is 544. The van der Waals surface area contributed by atoms with E-state index in [9.17, 15) is 0 Å². The Balaban J connectivity index is 2.61. The van der Waals surface area contributed by atoms with Gasteiger partial charge in [0.05, 0.1) is 11.1 Å². The third kappa shape index (κ3) is 2.55. The molecule has 0 saturated heterocycles. The van der Waals surface area contributed by atoms with E-state index in [1.807, 2.05) is 25.1 Å². The van der Waals surface area contributed by atoms with Crippen molar-refractivity contribution in [3.05, 3.63) is 33.9 Å². The predicted octanol–water partition coefficient (Wildman–Crippen LogP) is 4.83. The van der Waals surface area contributed by atoms with Gasteiger partial charge in [-0.1, -0.05) is 40.5 Å². The van der Waals surface area contributed by atoms with Crippen molar-refractivity contribution in [2.45, 2.75) is 26.4 Å². The topological polar surface area (TPSA) is 22.1 Å². The second-order valence-electron chi connectivity index (χ2n) is 3.91. The summed E-state index contributed by atoms with van der Waals surface area (Å²) in [5.74, 6) is 0.666. The number of ether oxygens (including phenoxy) is 1. The zero-order valence-electron chi connectivity index (χ0n) is 9.71. The van der Waals surface area contributed by atoms with Crippen molar-refractivity contribution in [1.82, 2.24) is 4.98 Å². The zero-order chi connectivity index (χ0) is 12.4. The summed E-state index contributed by atoms with van der Waals surface area (Å²) in [7, 11) is 0. The summed E-state index contributed by atoms with van der Waals surface area (Å²) >= 11 is 9.70. The van der Waals surface area contributed by atoms with E-state index >= 15 is 0 Å². The van der Waals surface area contributed by atoms with Crippen LogP contribution in [0, 0.1) is 0 Å². The Morgan fingerprint density at radius 1 is 1.53 bits per heavy atom. The molecule has 0 bridgehead atoms. The fraction of sp³-hybridized carbons (Fsp3) is 0.308. The minimum absolute atomic E-state index is 0.124. The number of hydrogen-bond acceptors (Lipinski definition) is 2. The molecule has 1 aromatic carbocycles. The van der Waals surface area contributed by atoms with Gasteiger partial charge in [0.15, 0.2) is 5.75 Å². The van der Waals surface area contributed by atoms with E-state index in [2.05, 4.69) is 27.8 Å². The van der Waals surface area contributed by atoms with Gasteiger partial charge >= 0.3 is 0 Å². The van der Waals surface area contributed by atoms with Gasteiger partial charge in [-0.15, -0.1) is 0 Å². The number of pyridine rings is 1. The quantitative estimate of drug-likeness (QED) is 0.809. The molecular weight excluding hydrogens is 302 g/mol. The molecule has 0 aliphatic heterocycles. The average molecular weight is 315 g/mol. The Morgan fingerprint density at radius 2 is 2.29 bits per heavy atom. The highest BCUT2D eigenvalue weighted by Crippen LogP contribution is 2.37. The van der Waals surface area contributed by atoms with E-state index < -0.39 is 0 Å². The van der Waals surface area contributed by atoms with E-state index in [0.717, 1.165) is 21.8 Å². The summed E-state index contributed by atoms with van der Waals surface area (Å²) in [5, 5.41) is 1.60. The number of aromatic nitrogens is 1. The van der Waals surface area contributed by atoms with Crippen molar-refractivity contribution in [3.63, 3.8) is 0 Å². The second kappa shape index (κ2) is 5.23. The van der Waals surface area contributed by atoms with Crippen molar-refractivity contribution in [2.75, 3.05) is 0 Å². The molecule has 17 heavy (non-hydrogen) atoms. The smallest absolute Gasteiger partial charge is 0.164 e. The van der Waals surface area contributed by atoms with Crippen LogP contribution in [0.1, 0.15) is 20.3 Å². The fourth-order valence-corrected chi connectivity index (χ4v) is 2.47. The molecule has 0 spiro atoms. The molecule has 1 heterocycles. The fourth-order valence-electron chi connectivity index (χ4n) is 1.54. The minimum Gasteiger partial charge on any atom is -0.487 e.